The molecule has 0 spiro atoms. The van der Waals surface area contributed by atoms with Crippen molar-refractivity contribution < 1.29 is 0 Å². The van der Waals surface area contributed by atoms with Crippen molar-refractivity contribution in [1.29, 1.82) is 0 Å². The van der Waals surface area contributed by atoms with E-state index >= 15 is 0 Å². The Morgan fingerprint density at radius 1 is 1.39 bits per heavy atom. The van der Waals surface area contributed by atoms with Crippen molar-refractivity contribution >= 4 is 28.8 Å². The second-order valence-corrected chi connectivity index (χ2v) is 5.56. The van der Waals surface area contributed by atoms with E-state index in [1.165, 1.54) is 0 Å². The van der Waals surface area contributed by atoms with Gasteiger partial charge in [0, 0.05) is 36.5 Å². The first-order valence-corrected chi connectivity index (χ1v) is 7.07. The first kappa shape index (κ1) is 13.2. The van der Waals surface area contributed by atoms with Crippen LogP contribution in [0.25, 0.3) is 0 Å². The predicted molar refractivity (Wildman–Crippen MR) is 75.4 cm³/mol. The Balaban J connectivity index is 1.96. The smallest absolute Gasteiger partial charge is 0.135 e. The third kappa shape index (κ3) is 3.65. The number of halogens is 1. The van der Waals surface area contributed by atoms with Gasteiger partial charge < -0.3 is 5.32 Å². The van der Waals surface area contributed by atoms with Crippen LogP contribution in [0.3, 0.4) is 0 Å². The standard InChI is InChI=1S/C12H15ClN4S/c1-8(2)12-16-9(13)7-10(17-12)14-4-3-11-15-5-6-18-11/h5-8H,3-4H2,1-2H3,(H,14,16,17). The van der Waals surface area contributed by atoms with Gasteiger partial charge in [0.25, 0.3) is 0 Å². The van der Waals surface area contributed by atoms with Gasteiger partial charge in [0.2, 0.25) is 0 Å². The van der Waals surface area contributed by atoms with Gasteiger partial charge in [-0.2, -0.15) is 0 Å². The van der Waals surface area contributed by atoms with Crippen LogP contribution in [0.5, 0.6) is 0 Å². The lowest BCUT2D eigenvalue weighted by molar-refractivity contribution is 0.774. The molecule has 0 saturated heterocycles. The molecule has 0 bridgehead atoms. The van der Waals surface area contributed by atoms with Gasteiger partial charge in [-0.05, 0) is 0 Å². The molecule has 18 heavy (non-hydrogen) atoms. The fraction of sp³-hybridized carbons (Fsp3) is 0.417. The molecule has 1 N–H and O–H groups in total. The summed E-state index contributed by atoms with van der Waals surface area (Å²) in [5.41, 5.74) is 0. The third-order valence-electron chi connectivity index (χ3n) is 2.36. The molecule has 0 saturated carbocycles. The number of aromatic nitrogens is 3. The Morgan fingerprint density at radius 3 is 2.89 bits per heavy atom. The summed E-state index contributed by atoms with van der Waals surface area (Å²) in [6.45, 7) is 4.88. The van der Waals surface area contributed by atoms with Gasteiger partial charge in [-0.1, -0.05) is 25.4 Å². The number of hydrogen-bond donors (Lipinski definition) is 1. The van der Waals surface area contributed by atoms with Gasteiger partial charge in [0.15, 0.2) is 0 Å². The van der Waals surface area contributed by atoms with E-state index in [1.54, 1.807) is 17.4 Å². The van der Waals surface area contributed by atoms with Crippen molar-refractivity contribution in [3.05, 3.63) is 33.6 Å². The van der Waals surface area contributed by atoms with Crippen LogP contribution in [-0.4, -0.2) is 21.5 Å². The van der Waals surface area contributed by atoms with Crippen molar-refractivity contribution in [1.82, 2.24) is 15.0 Å². The molecule has 96 valence electrons. The van der Waals surface area contributed by atoms with Crippen molar-refractivity contribution in [3.8, 4) is 0 Å². The quantitative estimate of drug-likeness (QED) is 0.855. The van der Waals surface area contributed by atoms with Crippen LogP contribution in [-0.2, 0) is 6.42 Å². The highest BCUT2D eigenvalue weighted by molar-refractivity contribution is 7.09. The van der Waals surface area contributed by atoms with Crippen LogP contribution in [0.2, 0.25) is 5.15 Å². The summed E-state index contributed by atoms with van der Waals surface area (Å²) in [6, 6.07) is 1.75. The summed E-state index contributed by atoms with van der Waals surface area (Å²) in [5, 5.41) is 6.82. The first-order valence-electron chi connectivity index (χ1n) is 5.82. The Bertz CT molecular complexity index is 499. The molecule has 0 aliphatic rings. The maximum Gasteiger partial charge on any atom is 0.135 e. The zero-order chi connectivity index (χ0) is 13.0. The molecule has 4 nitrogen and oxygen atoms in total. The second-order valence-electron chi connectivity index (χ2n) is 4.19. The summed E-state index contributed by atoms with van der Waals surface area (Å²) in [5.74, 6) is 1.80. The molecular formula is C12H15ClN4S. The molecule has 0 aromatic carbocycles. The summed E-state index contributed by atoms with van der Waals surface area (Å²) >= 11 is 7.63. The van der Waals surface area contributed by atoms with E-state index in [0.717, 1.165) is 29.6 Å². The molecule has 0 aliphatic heterocycles. The molecule has 6 heteroatoms. The van der Waals surface area contributed by atoms with Gasteiger partial charge in [-0.25, -0.2) is 15.0 Å². The normalized spacial score (nSPS) is 10.9. The third-order valence-corrected chi connectivity index (χ3v) is 3.39. The molecular weight excluding hydrogens is 268 g/mol. The largest absolute Gasteiger partial charge is 0.369 e. The minimum atomic E-state index is 0.267. The minimum Gasteiger partial charge on any atom is -0.369 e. The Kier molecular flexibility index (Phi) is 4.49. The molecule has 0 atom stereocenters. The molecule has 0 fully saturated rings. The van der Waals surface area contributed by atoms with Crippen molar-refractivity contribution in [2.75, 3.05) is 11.9 Å². The molecule has 2 heterocycles. The van der Waals surface area contributed by atoms with Crippen molar-refractivity contribution in [2.45, 2.75) is 26.2 Å². The second kappa shape index (κ2) is 6.11. The number of rotatable bonds is 5. The van der Waals surface area contributed by atoms with E-state index in [-0.39, 0.29) is 5.92 Å². The molecule has 2 rings (SSSR count). The number of nitrogens with zero attached hydrogens (tertiary/aromatic N) is 3. The van der Waals surface area contributed by atoms with E-state index in [4.69, 9.17) is 11.6 Å². The SMILES string of the molecule is CC(C)c1nc(Cl)cc(NCCc2nccs2)n1. The molecule has 0 amide bonds. The number of nitrogens with one attached hydrogen (secondary N) is 1. The highest BCUT2D eigenvalue weighted by atomic mass is 35.5. The van der Waals surface area contributed by atoms with Crippen LogP contribution in [0.15, 0.2) is 17.6 Å². The summed E-state index contributed by atoms with van der Waals surface area (Å²) in [4.78, 5) is 12.9. The minimum absolute atomic E-state index is 0.267. The van der Waals surface area contributed by atoms with Crippen LogP contribution in [0.1, 0.15) is 30.6 Å². The van der Waals surface area contributed by atoms with Gasteiger partial charge in [0.05, 0.1) is 5.01 Å². The summed E-state index contributed by atoms with van der Waals surface area (Å²) in [6.07, 6.45) is 2.70. The van der Waals surface area contributed by atoms with E-state index in [0.29, 0.717) is 5.15 Å². The van der Waals surface area contributed by atoms with E-state index in [1.807, 2.05) is 25.4 Å². The first-order chi connectivity index (χ1) is 8.65. The molecule has 2 aromatic heterocycles. The average Bonchev–Trinajstić information content (AvgIpc) is 2.81. The monoisotopic (exact) mass is 282 g/mol. The van der Waals surface area contributed by atoms with Crippen LogP contribution in [0.4, 0.5) is 5.82 Å². The van der Waals surface area contributed by atoms with Crippen LogP contribution in [0, 0.1) is 0 Å². The van der Waals surface area contributed by atoms with Gasteiger partial charge in [0.1, 0.15) is 16.8 Å². The van der Waals surface area contributed by atoms with E-state index in [9.17, 15) is 0 Å². The van der Waals surface area contributed by atoms with Crippen LogP contribution >= 0.6 is 22.9 Å². The number of hydrogen-bond acceptors (Lipinski definition) is 5. The maximum atomic E-state index is 5.97. The zero-order valence-electron chi connectivity index (χ0n) is 10.4. The average molecular weight is 283 g/mol. The Labute approximate surface area is 115 Å². The zero-order valence-corrected chi connectivity index (χ0v) is 11.9. The van der Waals surface area contributed by atoms with Crippen LogP contribution < -0.4 is 5.32 Å². The lowest BCUT2D eigenvalue weighted by atomic mass is 10.2. The molecule has 0 aliphatic carbocycles. The topological polar surface area (TPSA) is 50.7 Å². The highest BCUT2D eigenvalue weighted by Gasteiger charge is 2.06. The Morgan fingerprint density at radius 2 is 2.22 bits per heavy atom. The lowest BCUT2D eigenvalue weighted by Crippen LogP contribution is -2.08. The van der Waals surface area contributed by atoms with E-state index < -0.39 is 0 Å². The molecule has 2 aromatic rings. The predicted octanol–water partition coefficient (Wildman–Crippen LogP) is 3.36. The number of thiazole rings is 1. The van der Waals surface area contributed by atoms with Crippen molar-refractivity contribution in [2.24, 2.45) is 0 Å². The fourth-order valence-electron chi connectivity index (χ4n) is 1.46. The molecule has 0 radical (unpaired) electrons. The van der Waals surface area contributed by atoms with E-state index in [2.05, 4.69) is 20.3 Å². The molecule has 0 unspecified atom stereocenters. The summed E-state index contributed by atoms with van der Waals surface area (Å²) < 4.78 is 0. The van der Waals surface area contributed by atoms with Gasteiger partial charge >= 0.3 is 0 Å². The highest BCUT2D eigenvalue weighted by Crippen LogP contribution is 2.17. The van der Waals surface area contributed by atoms with Gasteiger partial charge in [-0.3, -0.25) is 0 Å². The lowest BCUT2D eigenvalue weighted by Gasteiger charge is -2.08. The summed E-state index contributed by atoms with van der Waals surface area (Å²) in [7, 11) is 0. The van der Waals surface area contributed by atoms with Gasteiger partial charge in [-0.15, -0.1) is 11.3 Å². The maximum absolute atomic E-state index is 5.97. The number of anilines is 1. The van der Waals surface area contributed by atoms with Crippen molar-refractivity contribution in [3.63, 3.8) is 0 Å². The Hall–Kier alpha value is -1.20. The fourth-order valence-corrected chi connectivity index (χ4v) is 2.27.